The highest BCUT2D eigenvalue weighted by molar-refractivity contribution is 9.10. The molecule has 2 aromatic rings. The zero-order chi connectivity index (χ0) is 17.0. The van der Waals surface area contributed by atoms with Crippen LogP contribution in [0.1, 0.15) is 5.56 Å². The van der Waals surface area contributed by atoms with Crippen molar-refractivity contribution in [2.24, 2.45) is 0 Å². The van der Waals surface area contributed by atoms with Crippen LogP contribution in [0.5, 0.6) is 0 Å². The molecule has 0 aromatic heterocycles. The number of nitrogens with one attached hydrogen (secondary N) is 2. The molecule has 2 N–H and O–H groups in total. The lowest BCUT2D eigenvalue weighted by Gasteiger charge is -2.09. The van der Waals surface area contributed by atoms with E-state index in [2.05, 4.69) is 26.6 Å². The number of anilines is 2. The third-order valence-electron chi connectivity index (χ3n) is 2.98. The maximum atomic E-state index is 11.9. The van der Waals surface area contributed by atoms with Gasteiger partial charge in [0.1, 0.15) is 0 Å². The van der Waals surface area contributed by atoms with Gasteiger partial charge in [0.2, 0.25) is 0 Å². The van der Waals surface area contributed by atoms with E-state index >= 15 is 0 Å². The van der Waals surface area contributed by atoms with Crippen molar-refractivity contribution in [1.82, 2.24) is 0 Å². The zero-order valence-corrected chi connectivity index (χ0v) is 13.6. The van der Waals surface area contributed by atoms with E-state index in [4.69, 9.17) is 0 Å². The molecule has 8 heteroatoms. The van der Waals surface area contributed by atoms with Crippen LogP contribution in [0.25, 0.3) is 0 Å². The van der Waals surface area contributed by atoms with Crippen LogP contribution in [0.4, 0.5) is 17.1 Å². The maximum absolute atomic E-state index is 11.9. The first-order valence-corrected chi connectivity index (χ1v) is 7.29. The number of hydrogen-bond donors (Lipinski definition) is 2. The second kappa shape index (κ2) is 7.01. The maximum Gasteiger partial charge on any atom is 0.314 e. The Kier molecular flexibility index (Phi) is 5.07. The Morgan fingerprint density at radius 1 is 1.04 bits per heavy atom. The number of rotatable bonds is 3. The highest BCUT2D eigenvalue weighted by Crippen LogP contribution is 2.20. The summed E-state index contributed by atoms with van der Waals surface area (Å²) in [6.45, 7) is 1.80. The number of amides is 2. The van der Waals surface area contributed by atoms with Crippen molar-refractivity contribution >= 4 is 44.8 Å². The molecule has 0 atom stereocenters. The molecular weight excluding hydrogens is 366 g/mol. The van der Waals surface area contributed by atoms with E-state index in [0.29, 0.717) is 11.4 Å². The fraction of sp³-hybridized carbons (Fsp3) is 0.0667. The number of halogens is 1. The van der Waals surface area contributed by atoms with Gasteiger partial charge >= 0.3 is 11.8 Å². The number of nitro groups is 1. The number of non-ortho nitro benzene ring substituents is 1. The molecule has 23 heavy (non-hydrogen) atoms. The molecule has 7 nitrogen and oxygen atoms in total. The van der Waals surface area contributed by atoms with Crippen molar-refractivity contribution in [3.63, 3.8) is 0 Å². The molecule has 0 aliphatic carbocycles. The summed E-state index contributed by atoms with van der Waals surface area (Å²) in [6.07, 6.45) is 0. The summed E-state index contributed by atoms with van der Waals surface area (Å²) < 4.78 is 0.864. The minimum atomic E-state index is -0.860. The first-order valence-electron chi connectivity index (χ1n) is 6.50. The van der Waals surface area contributed by atoms with Crippen LogP contribution in [-0.4, -0.2) is 16.7 Å². The van der Waals surface area contributed by atoms with Crippen LogP contribution in [0.2, 0.25) is 0 Å². The van der Waals surface area contributed by atoms with Crippen LogP contribution in [0, 0.1) is 17.0 Å². The summed E-state index contributed by atoms with van der Waals surface area (Å²) in [6, 6.07) is 10.4. The van der Waals surface area contributed by atoms with Crippen LogP contribution < -0.4 is 10.6 Å². The summed E-state index contributed by atoms with van der Waals surface area (Å²) in [7, 11) is 0. The average molecular weight is 378 g/mol. The topological polar surface area (TPSA) is 101 Å². The number of aryl methyl sites for hydroxylation is 1. The Balaban J connectivity index is 2.02. The predicted molar refractivity (Wildman–Crippen MR) is 89.2 cm³/mol. The van der Waals surface area contributed by atoms with Gasteiger partial charge in [-0.25, -0.2) is 0 Å². The van der Waals surface area contributed by atoms with E-state index in [0.717, 1.165) is 10.0 Å². The highest BCUT2D eigenvalue weighted by Gasteiger charge is 2.15. The smallest absolute Gasteiger partial charge is 0.314 e. The molecule has 0 fully saturated rings. The lowest BCUT2D eigenvalue weighted by Crippen LogP contribution is -2.29. The summed E-state index contributed by atoms with van der Waals surface area (Å²) in [5.41, 5.74) is 1.52. The first kappa shape index (κ1) is 16.6. The lowest BCUT2D eigenvalue weighted by atomic mass is 10.2. The van der Waals surface area contributed by atoms with E-state index in [-0.39, 0.29) is 5.69 Å². The molecule has 0 unspecified atom stereocenters. The van der Waals surface area contributed by atoms with Gasteiger partial charge in [-0.05, 0) is 42.8 Å². The number of carbonyl (C=O) groups excluding carboxylic acids is 2. The van der Waals surface area contributed by atoms with Crippen molar-refractivity contribution in [2.45, 2.75) is 6.92 Å². The highest BCUT2D eigenvalue weighted by atomic mass is 79.9. The van der Waals surface area contributed by atoms with Crippen molar-refractivity contribution in [1.29, 1.82) is 0 Å². The molecule has 2 rings (SSSR count). The molecule has 0 aliphatic rings. The molecular formula is C15H12BrN3O4. The van der Waals surface area contributed by atoms with Crippen LogP contribution in [0.15, 0.2) is 46.9 Å². The third kappa shape index (κ3) is 4.36. The molecule has 2 aromatic carbocycles. The second-order valence-electron chi connectivity index (χ2n) is 4.67. The normalized spacial score (nSPS) is 10.0. The molecule has 0 aliphatic heterocycles. The Morgan fingerprint density at radius 2 is 1.65 bits per heavy atom. The predicted octanol–water partition coefficient (Wildman–Crippen LogP) is 3.24. The van der Waals surface area contributed by atoms with Gasteiger partial charge in [-0.15, -0.1) is 0 Å². The quantitative estimate of drug-likeness (QED) is 0.486. The summed E-state index contributed by atoms with van der Waals surface area (Å²) >= 11 is 3.31. The van der Waals surface area contributed by atoms with E-state index in [1.165, 1.54) is 24.3 Å². The first-order chi connectivity index (χ1) is 10.9. The van der Waals surface area contributed by atoms with Crippen LogP contribution in [-0.2, 0) is 9.59 Å². The largest absolute Gasteiger partial charge is 0.318 e. The minimum Gasteiger partial charge on any atom is -0.318 e. The van der Waals surface area contributed by atoms with Crippen molar-refractivity contribution in [3.05, 3.63) is 62.6 Å². The summed E-state index contributed by atoms with van der Waals surface area (Å²) in [5, 5.41) is 15.4. The van der Waals surface area contributed by atoms with E-state index < -0.39 is 16.7 Å². The third-order valence-corrected chi connectivity index (χ3v) is 3.47. The standard InChI is InChI=1S/C15H12BrN3O4/c1-9-8-10(16)2-7-13(9)18-15(21)14(20)17-11-3-5-12(6-4-11)19(22)23/h2-8H,1H3,(H,17,20)(H,18,21). The molecule has 0 spiro atoms. The average Bonchev–Trinajstić information content (AvgIpc) is 2.50. The van der Waals surface area contributed by atoms with E-state index in [1.54, 1.807) is 19.1 Å². The molecule has 118 valence electrons. The van der Waals surface area contributed by atoms with E-state index in [1.807, 2.05) is 6.07 Å². The minimum absolute atomic E-state index is 0.0991. The molecule has 0 saturated heterocycles. The summed E-state index contributed by atoms with van der Waals surface area (Å²) in [5.74, 6) is -1.69. The lowest BCUT2D eigenvalue weighted by molar-refractivity contribution is -0.384. The Labute approximate surface area is 140 Å². The van der Waals surface area contributed by atoms with Crippen LogP contribution >= 0.6 is 15.9 Å². The number of hydrogen-bond acceptors (Lipinski definition) is 4. The number of benzene rings is 2. The number of carbonyl (C=O) groups is 2. The Hall–Kier alpha value is -2.74. The van der Waals surface area contributed by atoms with Crippen molar-refractivity contribution < 1.29 is 14.5 Å². The van der Waals surface area contributed by atoms with Crippen LogP contribution in [0.3, 0.4) is 0 Å². The monoisotopic (exact) mass is 377 g/mol. The van der Waals surface area contributed by atoms with Gasteiger partial charge in [0.05, 0.1) is 4.92 Å². The Bertz CT molecular complexity index is 775. The van der Waals surface area contributed by atoms with E-state index in [9.17, 15) is 19.7 Å². The van der Waals surface area contributed by atoms with Gasteiger partial charge in [0.15, 0.2) is 0 Å². The van der Waals surface area contributed by atoms with Crippen molar-refractivity contribution in [3.8, 4) is 0 Å². The number of nitro benzene ring substituents is 1. The molecule has 0 saturated carbocycles. The molecule has 2 amide bonds. The second-order valence-corrected chi connectivity index (χ2v) is 5.59. The Morgan fingerprint density at radius 3 is 2.22 bits per heavy atom. The SMILES string of the molecule is Cc1cc(Br)ccc1NC(=O)C(=O)Nc1ccc([N+](=O)[O-])cc1. The zero-order valence-electron chi connectivity index (χ0n) is 12.0. The van der Waals surface area contributed by atoms with Gasteiger partial charge in [-0.2, -0.15) is 0 Å². The summed E-state index contributed by atoms with van der Waals surface area (Å²) in [4.78, 5) is 33.7. The van der Waals surface area contributed by atoms with Gasteiger partial charge in [-0.1, -0.05) is 15.9 Å². The molecule has 0 radical (unpaired) electrons. The van der Waals surface area contributed by atoms with Gasteiger partial charge in [-0.3, -0.25) is 19.7 Å². The van der Waals surface area contributed by atoms with Gasteiger partial charge < -0.3 is 10.6 Å². The number of nitrogens with zero attached hydrogens (tertiary/aromatic N) is 1. The fourth-order valence-corrected chi connectivity index (χ4v) is 2.28. The molecule has 0 heterocycles. The van der Waals surface area contributed by atoms with Gasteiger partial charge in [0.25, 0.3) is 5.69 Å². The molecule has 0 bridgehead atoms. The van der Waals surface area contributed by atoms with Crippen molar-refractivity contribution in [2.75, 3.05) is 10.6 Å². The van der Waals surface area contributed by atoms with Gasteiger partial charge in [0, 0.05) is 28.0 Å². The fourth-order valence-electron chi connectivity index (χ4n) is 1.80.